The molecule has 3 heteroatoms. The van der Waals surface area contributed by atoms with Crippen LogP contribution in [0.2, 0.25) is 5.02 Å². The molecule has 1 N–H and O–H groups in total. The van der Waals surface area contributed by atoms with Crippen LogP contribution >= 0.6 is 11.6 Å². The van der Waals surface area contributed by atoms with E-state index in [1.54, 1.807) is 6.07 Å². The average molecular weight is 202 g/mol. The fourth-order valence-electron chi connectivity index (χ4n) is 1.37. The summed E-state index contributed by atoms with van der Waals surface area (Å²) in [6.07, 6.45) is 0.889. The minimum atomic E-state index is -0.354. The molecule has 1 atom stereocenters. The molecule has 0 heterocycles. The van der Waals surface area contributed by atoms with Gasteiger partial charge in [0.2, 0.25) is 0 Å². The number of halogens is 2. The van der Waals surface area contributed by atoms with Gasteiger partial charge in [0.15, 0.2) is 0 Å². The summed E-state index contributed by atoms with van der Waals surface area (Å²) in [4.78, 5) is 0. The Morgan fingerprint density at radius 3 is 2.77 bits per heavy atom. The Kier molecular flexibility index (Phi) is 3.70. The van der Waals surface area contributed by atoms with Gasteiger partial charge in [-0.3, -0.25) is 0 Å². The predicted octanol–water partition coefficient (Wildman–Crippen LogP) is 3.15. The highest BCUT2D eigenvalue weighted by molar-refractivity contribution is 6.31. The van der Waals surface area contributed by atoms with Gasteiger partial charge in [0, 0.05) is 6.04 Å². The van der Waals surface area contributed by atoms with Crippen LogP contribution in [0.4, 0.5) is 4.39 Å². The molecule has 0 aromatic heterocycles. The Balaban J connectivity index is 3.05. The van der Waals surface area contributed by atoms with E-state index in [0.29, 0.717) is 0 Å². The highest BCUT2D eigenvalue weighted by Gasteiger charge is 2.12. The first-order valence-corrected chi connectivity index (χ1v) is 4.69. The molecule has 0 fully saturated rings. The largest absolute Gasteiger partial charge is 0.313 e. The van der Waals surface area contributed by atoms with Crippen LogP contribution in [0.25, 0.3) is 0 Å². The van der Waals surface area contributed by atoms with Crippen LogP contribution in [0, 0.1) is 5.82 Å². The van der Waals surface area contributed by atoms with E-state index in [0.717, 1.165) is 12.0 Å². The van der Waals surface area contributed by atoms with Crippen LogP contribution in [0.3, 0.4) is 0 Å². The SMILES string of the molecule is CCC(NC)c1cccc(F)c1Cl. The first-order valence-electron chi connectivity index (χ1n) is 4.31. The van der Waals surface area contributed by atoms with E-state index in [1.807, 2.05) is 20.0 Å². The third-order valence-corrected chi connectivity index (χ3v) is 2.51. The fraction of sp³-hybridized carbons (Fsp3) is 0.400. The number of rotatable bonds is 3. The number of benzene rings is 1. The highest BCUT2D eigenvalue weighted by Crippen LogP contribution is 2.26. The Morgan fingerprint density at radius 1 is 1.54 bits per heavy atom. The van der Waals surface area contributed by atoms with Gasteiger partial charge >= 0.3 is 0 Å². The molecule has 1 unspecified atom stereocenters. The maximum absolute atomic E-state index is 13.1. The average Bonchev–Trinajstić information content (AvgIpc) is 2.14. The van der Waals surface area contributed by atoms with Gasteiger partial charge in [0.1, 0.15) is 5.82 Å². The molecule has 0 radical (unpaired) electrons. The molecule has 0 aliphatic carbocycles. The molecule has 1 rings (SSSR count). The van der Waals surface area contributed by atoms with E-state index in [-0.39, 0.29) is 16.9 Å². The van der Waals surface area contributed by atoms with Crippen molar-refractivity contribution < 1.29 is 4.39 Å². The lowest BCUT2D eigenvalue weighted by Gasteiger charge is -2.15. The maximum Gasteiger partial charge on any atom is 0.142 e. The smallest absolute Gasteiger partial charge is 0.142 e. The van der Waals surface area contributed by atoms with Crippen LogP contribution in [0.1, 0.15) is 24.9 Å². The van der Waals surface area contributed by atoms with Gasteiger partial charge in [0.05, 0.1) is 5.02 Å². The molecule has 0 aliphatic rings. The summed E-state index contributed by atoms with van der Waals surface area (Å²) in [5, 5.41) is 3.31. The Labute approximate surface area is 82.9 Å². The fourth-order valence-corrected chi connectivity index (χ4v) is 1.63. The second kappa shape index (κ2) is 4.58. The second-order valence-corrected chi connectivity index (χ2v) is 3.27. The van der Waals surface area contributed by atoms with Gasteiger partial charge in [-0.25, -0.2) is 4.39 Å². The summed E-state index contributed by atoms with van der Waals surface area (Å²) in [5.41, 5.74) is 0.826. The Morgan fingerprint density at radius 2 is 2.23 bits per heavy atom. The quantitative estimate of drug-likeness (QED) is 0.792. The monoisotopic (exact) mass is 201 g/mol. The first kappa shape index (κ1) is 10.5. The normalized spacial score (nSPS) is 12.9. The zero-order valence-corrected chi connectivity index (χ0v) is 8.53. The van der Waals surface area contributed by atoms with Crippen LogP contribution in [-0.2, 0) is 0 Å². The standard InChI is InChI=1S/C10H13ClFN/c1-3-9(13-2)7-5-4-6-8(12)10(7)11/h4-6,9,13H,3H2,1-2H3. The third-order valence-electron chi connectivity index (χ3n) is 2.11. The molecule has 0 aliphatic heterocycles. The van der Waals surface area contributed by atoms with Gasteiger partial charge in [0.25, 0.3) is 0 Å². The molecule has 13 heavy (non-hydrogen) atoms. The van der Waals surface area contributed by atoms with Crippen LogP contribution in [0.15, 0.2) is 18.2 Å². The molecule has 0 saturated heterocycles. The Hall–Kier alpha value is -0.600. The van der Waals surface area contributed by atoms with Crippen molar-refractivity contribution in [3.63, 3.8) is 0 Å². The lowest BCUT2D eigenvalue weighted by atomic mass is 10.0. The molecule has 72 valence electrons. The van der Waals surface area contributed by atoms with Gasteiger partial charge in [-0.15, -0.1) is 0 Å². The molecule has 1 aromatic carbocycles. The summed E-state index contributed by atoms with van der Waals surface area (Å²) in [6, 6.07) is 5.02. The van der Waals surface area contributed by atoms with E-state index in [4.69, 9.17) is 11.6 Å². The minimum absolute atomic E-state index is 0.128. The van der Waals surface area contributed by atoms with Crippen molar-refractivity contribution in [2.45, 2.75) is 19.4 Å². The van der Waals surface area contributed by atoms with Crippen molar-refractivity contribution in [2.75, 3.05) is 7.05 Å². The van der Waals surface area contributed by atoms with Crippen LogP contribution in [0.5, 0.6) is 0 Å². The van der Waals surface area contributed by atoms with E-state index in [9.17, 15) is 4.39 Å². The molecule has 0 saturated carbocycles. The van der Waals surface area contributed by atoms with E-state index >= 15 is 0 Å². The van der Waals surface area contributed by atoms with Crippen LogP contribution in [-0.4, -0.2) is 7.05 Å². The van der Waals surface area contributed by atoms with E-state index < -0.39 is 0 Å². The summed E-state index contributed by atoms with van der Waals surface area (Å²) < 4.78 is 13.1. The summed E-state index contributed by atoms with van der Waals surface area (Å²) >= 11 is 5.83. The molecular formula is C10H13ClFN. The van der Waals surface area contributed by atoms with E-state index in [2.05, 4.69) is 5.32 Å². The molecular weight excluding hydrogens is 189 g/mol. The van der Waals surface area contributed by atoms with Crippen molar-refractivity contribution in [2.24, 2.45) is 0 Å². The van der Waals surface area contributed by atoms with Crippen molar-refractivity contribution >= 4 is 11.6 Å². The lowest BCUT2D eigenvalue weighted by Crippen LogP contribution is -2.15. The molecule has 1 aromatic rings. The maximum atomic E-state index is 13.1. The van der Waals surface area contributed by atoms with Gasteiger partial charge < -0.3 is 5.32 Å². The minimum Gasteiger partial charge on any atom is -0.313 e. The summed E-state index contributed by atoms with van der Waals surface area (Å²) in [6.45, 7) is 2.03. The lowest BCUT2D eigenvalue weighted by molar-refractivity contribution is 0.566. The zero-order chi connectivity index (χ0) is 9.84. The van der Waals surface area contributed by atoms with Gasteiger partial charge in [-0.2, -0.15) is 0 Å². The third kappa shape index (κ3) is 2.20. The van der Waals surface area contributed by atoms with Gasteiger partial charge in [-0.05, 0) is 25.1 Å². The molecule has 1 nitrogen and oxygen atoms in total. The molecule has 0 amide bonds. The highest BCUT2D eigenvalue weighted by atomic mass is 35.5. The van der Waals surface area contributed by atoms with Crippen molar-refractivity contribution in [3.8, 4) is 0 Å². The number of hydrogen-bond donors (Lipinski definition) is 1. The van der Waals surface area contributed by atoms with Crippen molar-refractivity contribution in [1.29, 1.82) is 0 Å². The van der Waals surface area contributed by atoms with Crippen LogP contribution < -0.4 is 5.32 Å². The molecule has 0 bridgehead atoms. The van der Waals surface area contributed by atoms with Gasteiger partial charge in [-0.1, -0.05) is 30.7 Å². The zero-order valence-electron chi connectivity index (χ0n) is 7.77. The predicted molar refractivity (Wildman–Crippen MR) is 53.5 cm³/mol. The van der Waals surface area contributed by atoms with Crippen molar-refractivity contribution in [1.82, 2.24) is 5.32 Å². The summed E-state index contributed by atoms with van der Waals surface area (Å²) in [5.74, 6) is -0.354. The van der Waals surface area contributed by atoms with Crippen molar-refractivity contribution in [3.05, 3.63) is 34.6 Å². The first-order chi connectivity index (χ1) is 6.20. The number of hydrogen-bond acceptors (Lipinski definition) is 1. The second-order valence-electron chi connectivity index (χ2n) is 2.89. The topological polar surface area (TPSA) is 12.0 Å². The summed E-state index contributed by atoms with van der Waals surface area (Å²) in [7, 11) is 1.84. The van der Waals surface area contributed by atoms with E-state index in [1.165, 1.54) is 6.07 Å². The number of nitrogens with one attached hydrogen (secondary N) is 1. The Bertz CT molecular complexity index is 284. The molecule has 0 spiro atoms.